The zero-order valence-electron chi connectivity index (χ0n) is 9.73. The Morgan fingerprint density at radius 2 is 2.11 bits per heavy atom. The third-order valence-corrected chi connectivity index (χ3v) is 2.49. The van der Waals surface area contributed by atoms with Crippen molar-refractivity contribution in [1.82, 2.24) is 4.98 Å². The molecule has 0 spiro atoms. The molecule has 19 heavy (non-hydrogen) atoms. The molecule has 0 aliphatic carbocycles. The minimum atomic E-state index is -1.18. The molecular weight excluding hydrogens is 254 g/mol. The van der Waals surface area contributed by atoms with Gasteiger partial charge in [0.1, 0.15) is 11.6 Å². The van der Waals surface area contributed by atoms with E-state index in [4.69, 9.17) is 5.11 Å². The first-order valence-electron chi connectivity index (χ1n) is 5.44. The maximum absolute atomic E-state index is 13.4. The molecule has 6 heteroatoms. The highest BCUT2D eigenvalue weighted by molar-refractivity contribution is 5.91. The number of carboxylic acids is 1. The number of nitrogens with zero attached hydrogens (tertiary/aromatic N) is 1. The van der Waals surface area contributed by atoms with Crippen molar-refractivity contribution in [1.29, 1.82) is 0 Å². The van der Waals surface area contributed by atoms with Crippen LogP contribution in [-0.4, -0.2) is 16.1 Å². The molecule has 1 aromatic carbocycles. The number of aromatic nitrogens is 1. The molecule has 0 fully saturated rings. The van der Waals surface area contributed by atoms with Crippen LogP contribution in [0.4, 0.5) is 14.5 Å². The van der Waals surface area contributed by atoms with Crippen LogP contribution < -0.4 is 5.32 Å². The molecular formula is C13H10F2N2O2. The molecule has 2 rings (SSSR count). The molecule has 0 aliphatic heterocycles. The number of carboxylic acid groups (broad SMARTS) is 1. The van der Waals surface area contributed by atoms with Crippen LogP contribution in [0.2, 0.25) is 0 Å². The number of carbonyl (C=O) groups is 1. The van der Waals surface area contributed by atoms with E-state index >= 15 is 0 Å². The van der Waals surface area contributed by atoms with Gasteiger partial charge in [-0.1, -0.05) is 6.07 Å². The van der Waals surface area contributed by atoms with Crippen molar-refractivity contribution in [3.8, 4) is 0 Å². The first-order chi connectivity index (χ1) is 9.08. The maximum Gasteiger partial charge on any atom is 0.356 e. The van der Waals surface area contributed by atoms with Crippen molar-refractivity contribution >= 4 is 11.7 Å². The highest BCUT2D eigenvalue weighted by Gasteiger charge is 2.11. The second kappa shape index (κ2) is 5.43. The van der Waals surface area contributed by atoms with Gasteiger partial charge in [0.2, 0.25) is 0 Å². The fourth-order valence-corrected chi connectivity index (χ4v) is 1.57. The molecule has 0 bridgehead atoms. The van der Waals surface area contributed by atoms with Gasteiger partial charge >= 0.3 is 5.97 Å². The molecule has 2 N–H and O–H groups in total. The van der Waals surface area contributed by atoms with Gasteiger partial charge in [0.05, 0.1) is 5.69 Å². The summed E-state index contributed by atoms with van der Waals surface area (Å²) in [5.41, 5.74) is 0.366. The number of nitrogens with one attached hydrogen (secondary N) is 1. The van der Waals surface area contributed by atoms with Crippen LogP contribution in [0, 0.1) is 11.6 Å². The number of pyridine rings is 1. The van der Waals surface area contributed by atoms with Crippen molar-refractivity contribution in [3.63, 3.8) is 0 Å². The third kappa shape index (κ3) is 3.04. The van der Waals surface area contributed by atoms with E-state index in [0.717, 1.165) is 12.1 Å². The summed E-state index contributed by atoms with van der Waals surface area (Å²) in [6, 6.07) is 6.31. The number of rotatable bonds is 4. The van der Waals surface area contributed by atoms with Crippen LogP contribution in [0.5, 0.6) is 0 Å². The molecule has 0 radical (unpaired) electrons. The summed E-state index contributed by atoms with van der Waals surface area (Å²) >= 11 is 0. The molecule has 98 valence electrons. The van der Waals surface area contributed by atoms with Gasteiger partial charge in [-0.05, 0) is 18.2 Å². The van der Waals surface area contributed by atoms with E-state index in [1.165, 1.54) is 18.3 Å². The predicted octanol–water partition coefficient (Wildman–Crippen LogP) is 2.67. The summed E-state index contributed by atoms with van der Waals surface area (Å²) in [6.07, 6.45) is 1.35. The molecule has 0 aliphatic rings. The Morgan fingerprint density at radius 3 is 2.79 bits per heavy atom. The molecule has 0 amide bonds. The van der Waals surface area contributed by atoms with Crippen LogP contribution in [-0.2, 0) is 6.54 Å². The van der Waals surface area contributed by atoms with E-state index in [1.54, 1.807) is 6.07 Å². The van der Waals surface area contributed by atoms with Gasteiger partial charge < -0.3 is 10.4 Å². The Bertz CT molecular complexity index is 617. The fraction of sp³-hybridized carbons (Fsp3) is 0.0769. The minimum absolute atomic E-state index is 0.0398. The van der Waals surface area contributed by atoms with E-state index in [0.29, 0.717) is 0 Å². The van der Waals surface area contributed by atoms with Crippen LogP contribution in [0.1, 0.15) is 16.1 Å². The van der Waals surface area contributed by atoms with Gasteiger partial charge in [-0.2, -0.15) is 0 Å². The zero-order chi connectivity index (χ0) is 13.8. The molecule has 0 unspecified atom stereocenters. The topological polar surface area (TPSA) is 62.2 Å². The number of benzene rings is 1. The van der Waals surface area contributed by atoms with E-state index in [9.17, 15) is 13.6 Å². The van der Waals surface area contributed by atoms with Crippen molar-refractivity contribution in [2.24, 2.45) is 0 Å². The molecule has 0 saturated heterocycles. The Labute approximate surface area is 107 Å². The maximum atomic E-state index is 13.4. The standard InChI is InChI=1S/C13H10F2N2O2/c14-9-4-3-8(10(15)6-9)7-17-11-2-1-5-16-12(11)13(18)19/h1-6,17H,7H2,(H,18,19). The quantitative estimate of drug-likeness (QED) is 0.891. The summed E-state index contributed by atoms with van der Waals surface area (Å²) in [4.78, 5) is 14.6. The van der Waals surface area contributed by atoms with Gasteiger partial charge in [-0.25, -0.2) is 18.6 Å². The lowest BCUT2D eigenvalue weighted by Crippen LogP contribution is -2.09. The first kappa shape index (κ1) is 12.9. The molecule has 1 aromatic heterocycles. The highest BCUT2D eigenvalue weighted by Crippen LogP contribution is 2.15. The minimum Gasteiger partial charge on any atom is -0.476 e. The first-order valence-corrected chi connectivity index (χ1v) is 5.44. The van der Waals surface area contributed by atoms with Gasteiger partial charge in [-0.3, -0.25) is 0 Å². The van der Waals surface area contributed by atoms with E-state index < -0.39 is 17.6 Å². The summed E-state index contributed by atoms with van der Waals surface area (Å²) in [5, 5.41) is 11.7. The summed E-state index contributed by atoms with van der Waals surface area (Å²) < 4.78 is 26.1. The highest BCUT2D eigenvalue weighted by atomic mass is 19.1. The number of hydrogen-bond donors (Lipinski definition) is 2. The van der Waals surface area contributed by atoms with Crippen molar-refractivity contribution < 1.29 is 18.7 Å². The van der Waals surface area contributed by atoms with E-state index in [1.807, 2.05) is 0 Å². The SMILES string of the molecule is O=C(O)c1ncccc1NCc1ccc(F)cc1F. The normalized spacial score (nSPS) is 10.2. The van der Waals surface area contributed by atoms with E-state index in [2.05, 4.69) is 10.3 Å². The van der Waals surface area contributed by atoms with Gasteiger partial charge in [-0.15, -0.1) is 0 Å². The van der Waals surface area contributed by atoms with Crippen molar-refractivity contribution in [2.45, 2.75) is 6.54 Å². The lowest BCUT2D eigenvalue weighted by atomic mass is 10.2. The van der Waals surface area contributed by atoms with Gasteiger partial charge in [0.25, 0.3) is 0 Å². The molecule has 1 heterocycles. The number of anilines is 1. The smallest absolute Gasteiger partial charge is 0.356 e. The average Bonchev–Trinajstić information content (AvgIpc) is 2.38. The zero-order valence-corrected chi connectivity index (χ0v) is 9.73. The molecule has 2 aromatic rings. The Kier molecular flexibility index (Phi) is 3.70. The number of halogens is 2. The van der Waals surface area contributed by atoms with Crippen molar-refractivity contribution in [3.05, 3.63) is 59.4 Å². The summed E-state index contributed by atoms with van der Waals surface area (Å²) in [7, 11) is 0. The largest absolute Gasteiger partial charge is 0.476 e. The Balaban J connectivity index is 2.17. The van der Waals surface area contributed by atoms with Crippen LogP contribution in [0.25, 0.3) is 0 Å². The predicted molar refractivity (Wildman–Crippen MR) is 64.9 cm³/mol. The van der Waals surface area contributed by atoms with Crippen LogP contribution in [0.3, 0.4) is 0 Å². The second-order valence-electron chi connectivity index (χ2n) is 3.79. The molecule has 0 atom stereocenters. The third-order valence-electron chi connectivity index (χ3n) is 2.49. The fourth-order valence-electron chi connectivity index (χ4n) is 1.57. The van der Waals surface area contributed by atoms with Gasteiger partial charge in [0, 0.05) is 24.4 Å². The van der Waals surface area contributed by atoms with Crippen LogP contribution >= 0.6 is 0 Å². The second-order valence-corrected chi connectivity index (χ2v) is 3.79. The lowest BCUT2D eigenvalue weighted by molar-refractivity contribution is 0.0691. The number of aromatic carboxylic acids is 1. The van der Waals surface area contributed by atoms with E-state index in [-0.39, 0.29) is 23.5 Å². The monoisotopic (exact) mass is 264 g/mol. The molecule has 0 saturated carbocycles. The lowest BCUT2D eigenvalue weighted by Gasteiger charge is -2.09. The molecule has 4 nitrogen and oxygen atoms in total. The van der Waals surface area contributed by atoms with Gasteiger partial charge in [0.15, 0.2) is 5.69 Å². The summed E-state index contributed by atoms with van der Waals surface area (Å²) in [5.74, 6) is -2.52. The van der Waals surface area contributed by atoms with Crippen LogP contribution in [0.15, 0.2) is 36.5 Å². The average molecular weight is 264 g/mol. The summed E-state index contributed by atoms with van der Waals surface area (Å²) in [6.45, 7) is 0.0398. The van der Waals surface area contributed by atoms with Crippen molar-refractivity contribution in [2.75, 3.05) is 5.32 Å². The number of hydrogen-bond acceptors (Lipinski definition) is 3. The Morgan fingerprint density at radius 1 is 1.32 bits per heavy atom. The Hall–Kier alpha value is -2.50.